The summed E-state index contributed by atoms with van der Waals surface area (Å²) >= 11 is 3.45. The average molecular weight is 337 g/mol. The quantitative estimate of drug-likeness (QED) is 0.881. The molecule has 1 aliphatic rings. The van der Waals surface area contributed by atoms with Crippen molar-refractivity contribution in [3.8, 4) is 0 Å². The number of hydrogen-bond acceptors (Lipinski definition) is 3. The molecule has 2 N–H and O–H groups in total. The fourth-order valence-corrected chi connectivity index (χ4v) is 2.48. The highest BCUT2D eigenvalue weighted by Gasteiger charge is 2.23. The SMILES string of the molecule is CC(NCC(=O)NC1CC1)c1cc2cc(Br)ccc2o1. The highest BCUT2D eigenvalue weighted by molar-refractivity contribution is 9.10. The van der Waals surface area contributed by atoms with Gasteiger partial charge < -0.3 is 9.73 Å². The maximum Gasteiger partial charge on any atom is 0.234 e. The number of hydrogen-bond donors (Lipinski definition) is 2. The summed E-state index contributed by atoms with van der Waals surface area (Å²) in [6, 6.07) is 8.34. The minimum atomic E-state index is 0.00567. The summed E-state index contributed by atoms with van der Waals surface area (Å²) in [6.45, 7) is 2.32. The van der Waals surface area contributed by atoms with Gasteiger partial charge in [-0.25, -0.2) is 0 Å². The van der Waals surface area contributed by atoms with Crippen molar-refractivity contribution in [3.63, 3.8) is 0 Å². The molecule has 1 unspecified atom stereocenters. The first-order valence-corrected chi connectivity index (χ1v) is 7.63. The molecule has 3 rings (SSSR count). The summed E-state index contributed by atoms with van der Waals surface area (Å²) in [5, 5.41) is 7.21. The van der Waals surface area contributed by atoms with Crippen molar-refractivity contribution in [1.29, 1.82) is 0 Å². The van der Waals surface area contributed by atoms with Gasteiger partial charge >= 0.3 is 0 Å². The highest BCUT2D eigenvalue weighted by atomic mass is 79.9. The van der Waals surface area contributed by atoms with E-state index in [1.54, 1.807) is 0 Å². The van der Waals surface area contributed by atoms with E-state index >= 15 is 0 Å². The first kappa shape index (κ1) is 13.6. The number of furan rings is 1. The van der Waals surface area contributed by atoms with Crippen molar-refractivity contribution >= 4 is 32.8 Å². The van der Waals surface area contributed by atoms with Crippen LogP contribution in [0.15, 0.2) is 33.2 Å². The Hall–Kier alpha value is -1.33. The topological polar surface area (TPSA) is 54.3 Å². The van der Waals surface area contributed by atoms with Crippen LogP contribution in [0.3, 0.4) is 0 Å². The lowest BCUT2D eigenvalue weighted by Crippen LogP contribution is -2.36. The molecule has 1 saturated carbocycles. The molecular formula is C15H17BrN2O2. The van der Waals surface area contributed by atoms with Gasteiger partial charge in [0.15, 0.2) is 0 Å². The molecule has 0 radical (unpaired) electrons. The zero-order chi connectivity index (χ0) is 14.1. The van der Waals surface area contributed by atoms with E-state index in [9.17, 15) is 4.79 Å². The Balaban J connectivity index is 1.62. The fourth-order valence-electron chi connectivity index (χ4n) is 2.10. The van der Waals surface area contributed by atoms with Crippen LogP contribution in [0.25, 0.3) is 11.0 Å². The number of carbonyl (C=O) groups is 1. The van der Waals surface area contributed by atoms with Crippen LogP contribution in [0.2, 0.25) is 0 Å². The Morgan fingerprint density at radius 2 is 2.25 bits per heavy atom. The second-order valence-corrected chi connectivity index (χ2v) is 6.19. The second-order valence-electron chi connectivity index (χ2n) is 5.28. The van der Waals surface area contributed by atoms with Gasteiger partial charge in [-0.05, 0) is 44.0 Å². The van der Waals surface area contributed by atoms with E-state index < -0.39 is 0 Å². The highest BCUT2D eigenvalue weighted by Crippen LogP contribution is 2.26. The lowest BCUT2D eigenvalue weighted by molar-refractivity contribution is -0.120. The Labute approximate surface area is 126 Å². The maximum atomic E-state index is 11.6. The van der Waals surface area contributed by atoms with E-state index in [-0.39, 0.29) is 11.9 Å². The molecule has 0 bridgehead atoms. The van der Waals surface area contributed by atoms with Crippen molar-refractivity contribution in [1.82, 2.24) is 10.6 Å². The minimum Gasteiger partial charge on any atom is -0.459 e. The fraction of sp³-hybridized carbons (Fsp3) is 0.400. The van der Waals surface area contributed by atoms with E-state index in [0.717, 1.165) is 34.0 Å². The van der Waals surface area contributed by atoms with Crippen LogP contribution in [0.4, 0.5) is 0 Å². The Morgan fingerprint density at radius 1 is 1.45 bits per heavy atom. The zero-order valence-corrected chi connectivity index (χ0v) is 12.9. The molecule has 1 amide bonds. The largest absolute Gasteiger partial charge is 0.459 e. The molecule has 5 heteroatoms. The molecule has 20 heavy (non-hydrogen) atoms. The summed E-state index contributed by atoms with van der Waals surface area (Å²) in [6.07, 6.45) is 2.22. The van der Waals surface area contributed by atoms with Crippen molar-refractivity contribution in [2.24, 2.45) is 0 Å². The van der Waals surface area contributed by atoms with Crippen molar-refractivity contribution in [3.05, 3.63) is 34.5 Å². The molecule has 0 aliphatic heterocycles. The van der Waals surface area contributed by atoms with Crippen molar-refractivity contribution in [2.75, 3.05) is 6.54 Å². The molecule has 106 valence electrons. The van der Waals surface area contributed by atoms with E-state index in [0.29, 0.717) is 12.6 Å². The molecular weight excluding hydrogens is 320 g/mol. The van der Waals surface area contributed by atoms with Crippen LogP contribution in [-0.4, -0.2) is 18.5 Å². The van der Waals surface area contributed by atoms with Gasteiger partial charge in [0, 0.05) is 15.9 Å². The number of amides is 1. The summed E-state index contributed by atoms with van der Waals surface area (Å²) in [7, 11) is 0. The standard InChI is InChI=1S/C15H17BrN2O2/c1-9(17-8-15(19)18-12-3-4-12)14-7-10-6-11(16)2-5-13(10)20-14/h2,5-7,9,12,17H,3-4,8H2,1H3,(H,18,19). The van der Waals surface area contributed by atoms with Gasteiger partial charge in [0.05, 0.1) is 12.6 Å². The van der Waals surface area contributed by atoms with Crippen LogP contribution >= 0.6 is 15.9 Å². The third-order valence-electron chi connectivity index (χ3n) is 3.44. The molecule has 1 heterocycles. The molecule has 4 nitrogen and oxygen atoms in total. The summed E-state index contributed by atoms with van der Waals surface area (Å²) in [4.78, 5) is 11.6. The summed E-state index contributed by atoms with van der Waals surface area (Å²) in [5.74, 6) is 0.899. The van der Waals surface area contributed by atoms with Gasteiger partial charge in [0.25, 0.3) is 0 Å². The third kappa shape index (κ3) is 3.22. The van der Waals surface area contributed by atoms with Gasteiger partial charge in [0.2, 0.25) is 5.91 Å². The molecule has 1 aliphatic carbocycles. The Kier molecular flexibility index (Phi) is 3.81. The summed E-state index contributed by atoms with van der Waals surface area (Å²) < 4.78 is 6.82. The van der Waals surface area contributed by atoms with Gasteiger partial charge in [-0.1, -0.05) is 15.9 Å². The maximum absolute atomic E-state index is 11.6. The van der Waals surface area contributed by atoms with Gasteiger partial charge in [0.1, 0.15) is 11.3 Å². The van der Waals surface area contributed by atoms with Gasteiger partial charge in [-0.15, -0.1) is 0 Å². The van der Waals surface area contributed by atoms with E-state index in [2.05, 4.69) is 26.6 Å². The molecule has 0 spiro atoms. The van der Waals surface area contributed by atoms with Crippen LogP contribution in [-0.2, 0) is 4.79 Å². The lowest BCUT2D eigenvalue weighted by atomic mass is 10.2. The minimum absolute atomic E-state index is 0.00567. The van der Waals surface area contributed by atoms with Crippen LogP contribution in [0.5, 0.6) is 0 Å². The van der Waals surface area contributed by atoms with Crippen LogP contribution in [0, 0.1) is 0 Å². The molecule has 1 atom stereocenters. The van der Waals surface area contributed by atoms with Crippen molar-refractivity contribution < 1.29 is 9.21 Å². The predicted octanol–water partition coefficient (Wildman–Crippen LogP) is 3.12. The van der Waals surface area contributed by atoms with E-state index in [4.69, 9.17) is 4.42 Å². The average Bonchev–Trinajstić information content (AvgIpc) is 3.12. The van der Waals surface area contributed by atoms with Crippen LogP contribution < -0.4 is 10.6 Å². The van der Waals surface area contributed by atoms with Crippen LogP contribution in [0.1, 0.15) is 31.6 Å². The number of nitrogens with one attached hydrogen (secondary N) is 2. The smallest absolute Gasteiger partial charge is 0.234 e. The van der Waals surface area contributed by atoms with E-state index in [1.807, 2.05) is 31.2 Å². The summed E-state index contributed by atoms with van der Waals surface area (Å²) in [5.41, 5.74) is 0.860. The Bertz CT molecular complexity index is 634. The first-order chi connectivity index (χ1) is 9.61. The number of halogens is 1. The Morgan fingerprint density at radius 3 is 3.00 bits per heavy atom. The lowest BCUT2D eigenvalue weighted by Gasteiger charge is -2.10. The number of rotatable bonds is 5. The van der Waals surface area contributed by atoms with Gasteiger partial charge in [-0.2, -0.15) is 0 Å². The predicted molar refractivity (Wildman–Crippen MR) is 81.5 cm³/mol. The molecule has 1 aromatic carbocycles. The molecule has 1 aromatic heterocycles. The zero-order valence-electron chi connectivity index (χ0n) is 11.3. The first-order valence-electron chi connectivity index (χ1n) is 6.83. The normalized spacial score (nSPS) is 16.3. The number of benzene rings is 1. The van der Waals surface area contributed by atoms with Gasteiger partial charge in [-0.3, -0.25) is 10.1 Å². The number of fused-ring (bicyclic) bond motifs is 1. The van der Waals surface area contributed by atoms with Crippen molar-refractivity contribution in [2.45, 2.75) is 31.8 Å². The van der Waals surface area contributed by atoms with E-state index in [1.165, 1.54) is 0 Å². The molecule has 2 aromatic rings. The molecule has 1 fully saturated rings. The molecule has 0 saturated heterocycles. The monoisotopic (exact) mass is 336 g/mol. The second kappa shape index (κ2) is 5.58. The number of carbonyl (C=O) groups excluding carboxylic acids is 1. The third-order valence-corrected chi connectivity index (χ3v) is 3.93.